The van der Waals surface area contributed by atoms with E-state index in [2.05, 4.69) is 5.32 Å². The molecule has 2 aromatic rings. The third-order valence-electron chi connectivity index (χ3n) is 2.56. The van der Waals surface area contributed by atoms with Gasteiger partial charge in [-0.2, -0.15) is 0 Å². The van der Waals surface area contributed by atoms with Gasteiger partial charge in [0, 0.05) is 23.5 Å². The Hall–Kier alpha value is -1.03. The van der Waals surface area contributed by atoms with E-state index in [-0.39, 0.29) is 0 Å². The Morgan fingerprint density at radius 1 is 1.24 bits per heavy atom. The Bertz CT molecular complexity index is 510. The minimum Gasteiger partial charge on any atom is -0.507 e. The molecule has 0 saturated carbocycles. The van der Waals surface area contributed by atoms with Crippen molar-refractivity contribution >= 4 is 22.9 Å². The lowest BCUT2D eigenvalue weighted by molar-refractivity contribution is 0.460. The summed E-state index contributed by atoms with van der Waals surface area (Å²) >= 11 is 7.42. The summed E-state index contributed by atoms with van der Waals surface area (Å²) < 4.78 is 0.806. The number of hydrogen-bond donors (Lipinski definition) is 2. The standard InChI is InChI=1S/C13H14ClNOS/c1-9-3-2-4-10(13(9)16)7-15-8-11-5-6-12(14)17-11/h2-6,15-16H,7-8H2,1H3. The molecule has 0 aliphatic rings. The number of aryl methyl sites for hydroxylation is 1. The van der Waals surface area contributed by atoms with Crippen LogP contribution in [0.5, 0.6) is 5.75 Å². The minimum absolute atomic E-state index is 0.379. The molecule has 4 heteroatoms. The molecule has 0 fully saturated rings. The van der Waals surface area contributed by atoms with Crippen LogP contribution >= 0.6 is 22.9 Å². The van der Waals surface area contributed by atoms with Crippen LogP contribution in [-0.4, -0.2) is 5.11 Å². The zero-order chi connectivity index (χ0) is 12.3. The van der Waals surface area contributed by atoms with Gasteiger partial charge in [-0.25, -0.2) is 0 Å². The molecule has 0 aliphatic carbocycles. The van der Waals surface area contributed by atoms with Crippen LogP contribution in [0.15, 0.2) is 30.3 Å². The van der Waals surface area contributed by atoms with E-state index in [9.17, 15) is 5.11 Å². The van der Waals surface area contributed by atoms with Gasteiger partial charge >= 0.3 is 0 Å². The number of halogens is 1. The molecule has 1 heterocycles. The Kier molecular flexibility index (Phi) is 4.05. The summed E-state index contributed by atoms with van der Waals surface area (Å²) in [5.74, 6) is 0.379. The van der Waals surface area contributed by atoms with Crippen molar-refractivity contribution in [3.63, 3.8) is 0 Å². The highest BCUT2D eigenvalue weighted by Crippen LogP contribution is 2.23. The Labute approximate surface area is 110 Å². The quantitative estimate of drug-likeness (QED) is 0.885. The number of phenolic OH excluding ortho intramolecular Hbond substituents is 1. The topological polar surface area (TPSA) is 32.3 Å². The number of rotatable bonds is 4. The van der Waals surface area contributed by atoms with E-state index in [1.54, 1.807) is 11.3 Å². The molecule has 0 radical (unpaired) electrons. The molecule has 1 aromatic heterocycles. The van der Waals surface area contributed by atoms with Crippen LogP contribution in [0.3, 0.4) is 0 Å². The van der Waals surface area contributed by atoms with Gasteiger partial charge in [0.2, 0.25) is 0 Å². The van der Waals surface area contributed by atoms with Crippen molar-refractivity contribution < 1.29 is 5.11 Å². The fraction of sp³-hybridized carbons (Fsp3) is 0.231. The molecule has 0 amide bonds. The Balaban J connectivity index is 1.92. The van der Waals surface area contributed by atoms with E-state index in [1.165, 1.54) is 4.88 Å². The van der Waals surface area contributed by atoms with Crippen molar-refractivity contribution in [1.82, 2.24) is 5.32 Å². The maximum atomic E-state index is 9.84. The van der Waals surface area contributed by atoms with Crippen molar-refractivity contribution in [2.75, 3.05) is 0 Å². The lowest BCUT2D eigenvalue weighted by Crippen LogP contribution is -2.11. The van der Waals surface area contributed by atoms with E-state index < -0.39 is 0 Å². The molecule has 2 rings (SSSR count). The van der Waals surface area contributed by atoms with Gasteiger partial charge in [-0.05, 0) is 24.6 Å². The van der Waals surface area contributed by atoms with Gasteiger partial charge in [0.05, 0.1) is 4.34 Å². The van der Waals surface area contributed by atoms with Crippen LogP contribution in [-0.2, 0) is 13.1 Å². The zero-order valence-corrected chi connectivity index (χ0v) is 11.1. The number of para-hydroxylation sites is 1. The lowest BCUT2D eigenvalue weighted by atomic mass is 10.1. The van der Waals surface area contributed by atoms with Crippen LogP contribution in [0.1, 0.15) is 16.0 Å². The van der Waals surface area contributed by atoms with E-state index >= 15 is 0 Å². The van der Waals surface area contributed by atoms with E-state index in [1.807, 2.05) is 37.3 Å². The zero-order valence-electron chi connectivity index (χ0n) is 9.53. The van der Waals surface area contributed by atoms with Gasteiger partial charge in [-0.1, -0.05) is 29.8 Å². The van der Waals surface area contributed by atoms with Crippen molar-refractivity contribution in [2.24, 2.45) is 0 Å². The number of phenols is 1. The van der Waals surface area contributed by atoms with Gasteiger partial charge in [-0.3, -0.25) is 0 Å². The summed E-state index contributed by atoms with van der Waals surface area (Å²) in [6, 6.07) is 9.69. The van der Waals surface area contributed by atoms with Crippen molar-refractivity contribution in [3.8, 4) is 5.75 Å². The number of benzene rings is 1. The summed E-state index contributed by atoms with van der Waals surface area (Å²) in [7, 11) is 0. The van der Waals surface area contributed by atoms with E-state index in [0.717, 1.165) is 22.0 Å². The molecule has 0 saturated heterocycles. The molecule has 0 spiro atoms. The number of thiophene rings is 1. The fourth-order valence-electron chi connectivity index (χ4n) is 1.63. The first-order chi connectivity index (χ1) is 8.16. The molecule has 0 unspecified atom stereocenters. The highest BCUT2D eigenvalue weighted by Gasteiger charge is 2.03. The van der Waals surface area contributed by atoms with Gasteiger partial charge in [0.15, 0.2) is 0 Å². The summed E-state index contributed by atoms with van der Waals surface area (Å²) in [5, 5.41) is 13.1. The third kappa shape index (κ3) is 3.22. The van der Waals surface area contributed by atoms with Gasteiger partial charge in [-0.15, -0.1) is 11.3 Å². The monoisotopic (exact) mass is 267 g/mol. The summed E-state index contributed by atoms with van der Waals surface area (Å²) in [6.45, 7) is 3.33. The molecule has 2 nitrogen and oxygen atoms in total. The predicted molar refractivity (Wildman–Crippen MR) is 72.7 cm³/mol. The summed E-state index contributed by atoms with van der Waals surface area (Å²) in [5.41, 5.74) is 1.83. The van der Waals surface area contributed by atoms with Gasteiger partial charge in [0.25, 0.3) is 0 Å². The SMILES string of the molecule is Cc1cccc(CNCc2ccc(Cl)s2)c1O. The minimum atomic E-state index is 0.379. The number of hydrogen-bond acceptors (Lipinski definition) is 3. The second-order valence-corrected chi connectivity index (χ2v) is 5.69. The smallest absolute Gasteiger partial charge is 0.122 e. The summed E-state index contributed by atoms with van der Waals surface area (Å²) in [6.07, 6.45) is 0. The molecule has 90 valence electrons. The van der Waals surface area contributed by atoms with Gasteiger partial charge in [0.1, 0.15) is 5.75 Å². The van der Waals surface area contributed by atoms with Crippen molar-refractivity contribution in [2.45, 2.75) is 20.0 Å². The molecule has 2 N–H and O–H groups in total. The van der Waals surface area contributed by atoms with Crippen molar-refractivity contribution in [3.05, 3.63) is 50.7 Å². The lowest BCUT2D eigenvalue weighted by Gasteiger charge is -2.07. The van der Waals surface area contributed by atoms with E-state index in [0.29, 0.717) is 12.3 Å². The van der Waals surface area contributed by atoms with Crippen LogP contribution in [0, 0.1) is 6.92 Å². The van der Waals surface area contributed by atoms with Crippen LogP contribution < -0.4 is 5.32 Å². The van der Waals surface area contributed by atoms with Crippen LogP contribution in [0.2, 0.25) is 4.34 Å². The normalized spacial score (nSPS) is 10.7. The molecule has 0 atom stereocenters. The first-order valence-electron chi connectivity index (χ1n) is 5.39. The average molecular weight is 268 g/mol. The molecular formula is C13H14ClNOS. The average Bonchev–Trinajstić information content (AvgIpc) is 2.70. The first-order valence-corrected chi connectivity index (χ1v) is 6.58. The Morgan fingerprint density at radius 2 is 2.06 bits per heavy atom. The molecule has 0 bridgehead atoms. The molecule has 1 aromatic carbocycles. The maximum Gasteiger partial charge on any atom is 0.122 e. The maximum absolute atomic E-state index is 9.84. The Morgan fingerprint density at radius 3 is 2.76 bits per heavy atom. The molecule has 0 aliphatic heterocycles. The first kappa shape index (κ1) is 12.4. The number of nitrogens with one attached hydrogen (secondary N) is 1. The number of aromatic hydroxyl groups is 1. The van der Waals surface area contributed by atoms with Crippen molar-refractivity contribution in [1.29, 1.82) is 0 Å². The molecule has 17 heavy (non-hydrogen) atoms. The second kappa shape index (κ2) is 5.54. The van der Waals surface area contributed by atoms with Crippen LogP contribution in [0.25, 0.3) is 0 Å². The highest BCUT2D eigenvalue weighted by molar-refractivity contribution is 7.16. The third-order valence-corrected chi connectivity index (χ3v) is 3.80. The second-order valence-electron chi connectivity index (χ2n) is 3.89. The van der Waals surface area contributed by atoms with Crippen LogP contribution in [0.4, 0.5) is 0 Å². The predicted octanol–water partition coefficient (Wildman–Crippen LogP) is 3.71. The summed E-state index contributed by atoms with van der Waals surface area (Å²) in [4.78, 5) is 1.20. The van der Waals surface area contributed by atoms with Gasteiger partial charge < -0.3 is 10.4 Å². The fourth-order valence-corrected chi connectivity index (χ4v) is 2.69. The molecular weight excluding hydrogens is 254 g/mol. The largest absolute Gasteiger partial charge is 0.507 e. The highest BCUT2D eigenvalue weighted by atomic mass is 35.5. The van der Waals surface area contributed by atoms with E-state index in [4.69, 9.17) is 11.6 Å².